The summed E-state index contributed by atoms with van der Waals surface area (Å²) in [6, 6.07) is 3.66. The number of nitrogens with zero attached hydrogens (tertiary/aromatic N) is 2. The number of nitrogens with one attached hydrogen (secondary N) is 2. The van der Waals surface area contributed by atoms with Gasteiger partial charge in [0.1, 0.15) is 11.1 Å². The Kier molecular flexibility index (Phi) is 2.48. The van der Waals surface area contributed by atoms with Crippen molar-refractivity contribution in [3.63, 3.8) is 0 Å². The van der Waals surface area contributed by atoms with Crippen molar-refractivity contribution in [3.8, 4) is 6.07 Å². The molecule has 0 bridgehead atoms. The summed E-state index contributed by atoms with van der Waals surface area (Å²) in [4.78, 5) is 11.6. The molecule has 2 aromatic rings. The highest BCUT2D eigenvalue weighted by molar-refractivity contribution is 7.14. The summed E-state index contributed by atoms with van der Waals surface area (Å²) in [7, 11) is 0. The van der Waals surface area contributed by atoms with Gasteiger partial charge in [-0.2, -0.15) is 10.4 Å². The number of H-pyrrole nitrogens is 1. The fourth-order valence-corrected chi connectivity index (χ4v) is 1.78. The topological polar surface area (TPSA) is 81.6 Å². The molecular weight excluding hydrogens is 212 g/mol. The van der Waals surface area contributed by atoms with Crippen LogP contribution in [0.25, 0.3) is 0 Å². The summed E-state index contributed by atoms with van der Waals surface area (Å²) in [6.07, 6.45) is 2.92. The van der Waals surface area contributed by atoms with Crippen LogP contribution in [0.4, 0.5) is 5.00 Å². The van der Waals surface area contributed by atoms with Crippen LogP contribution in [-0.2, 0) is 0 Å². The zero-order valence-corrected chi connectivity index (χ0v) is 8.34. The first-order valence-corrected chi connectivity index (χ1v) is 4.97. The molecule has 0 aliphatic carbocycles. The number of carbonyl (C=O) groups is 1. The molecule has 0 aromatic carbocycles. The van der Waals surface area contributed by atoms with Gasteiger partial charge in [-0.25, -0.2) is 0 Å². The lowest BCUT2D eigenvalue weighted by Crippen LogP contribution is -2.10. The first-order valence-electron chi connectivity index (χ1n) is 4.09. The smallest absolute Gasteiger partial charge is 0.259 e. The van der Waals surface area contributed by atoms with Gasteiger partial charge in [-0.05, 0) is 11.4 Å². The molecule has 2 rings (SSSR count). The maximum Gasteiger partial charge on any atom is 0.259 e. The van der Waals surface area contributed by atoms with Gasteiger partial charge in [-0.15, -0.1) is 11.3 Å². The van der Waals surface area contributed by atoms with Gasteiger partial charge in [0.15, 0.2) is 0 Å². The molecule has 2 N–H and O–H groups in total. The zero-order chi connectivity index (χ0) is 10.7. The minimum Gasteiger partial charge on any atom is -0.312 e. The first-order chi connectivity index (χ1) is 7.31. The van der Waals surface area contributed by atoms with Gasteiger partial charge in [0.2, 0.25) is 0 Å². The summed E-state index contributed by atoms with van der Waals surface area (Å²) >= 11 is 1.31. The number of nitriles is 1. The van der Waals surface area contributed by atoms with E-state index in [1.165, 1.54) is 23.7 Å². The van der Waals surface area contributed by atoms with Crippen LogP contribution >= 0.6 is 11.3 Å². The number of aromatic amines is 1. The third-order valence-electron chi connectivity index (χ3n) is 1.77. The molecule has 5 nitrogen and oxygen atoms in total. The predicted molar refractivity (Wildman–Crippen MR) is 55.6 cm³/mol. The molecule has 0 saturated heterocycles. The lowest BCUT2D eigenvalue weighted by atomic mass is 10.3. The van der Waals surface area contributed by atoms with Crippen LogP contribution in [0.15, 0.2) is 23.8 Å². The maximum absolute atomic E-state index is 11.6. The Morgan fingerprint density at radius 3 is 3.20 bits per heavy atom. The van der Waals surface area contributed by atoms with Gasteiger partial charge < -0.3 is 5.32 Å². The van der Waals surface area contributed by atoms with E-state index < -0.39 is 0 Å². The number of amides is 1. The highest BCUT2D eigenvalue weighted by Gasteiger charge is 2.10. The van der Waals surface area contributed by atoms with Crippen LogP contribution in [0, 0.1) is 11.3 Å². The number of aromatic nitrogens is 2. The average molecular weight is 218 g/mol. The van der Waals surface area contributed by atoms with Crippen molar-refractivity contribution < 1.29 is 4.79 Å². The molecule has 0 saturated carbocycles. The molecule has 0 spiro atoms. The summed E-state index contributed by atoms with van der Waals surface area (Å²) in [5.74, 6) is -0.275. The van der Waals surface area contributed by atoms with E-state index in [1.54, 1.807) is 11.4 Å². The van der Waals surface area contributed by atoms with Gasteiger partial charge in [-0.1, -0.05) is 0 Å². The second-order valence-corrected chi connectivity index (χ2v) is 3.63. The SMILES string of the molecule is N#Cc1ccsc1NC(=O)c1cn[nH]c1. The van der Waals surface area contributed by atoms with Crippen molar-refractivity contribution in [1.29, 1.82) is 5.26 Å². The Morgan fingerprint density at radius 1 is 1.67 bits per heavy atom. The molecule has 6 heteroatoms. The number of thiophene rings is 1. The molecule has 74 valence electrons. The van der Waals surface area contributed by atoms with Crippen molar-refractivity contribution in [2.75, 3.05) is 5.32 Å². The molecule has 2 heterocycles. The maximum atomic E-state index is 11.6. The average Bonchev–Trinajstić information content (AvgIpc) is 2.87. The predicted octanol–water partition coefficient (Wildman–Crippen LogP) is 1.60. The van der Waals surface area contributed by atoms with E-state index in [4.69, 9.17) is 5.26 Å². The second kappa shape index (κ2) is 3.94. The molecule has 0 fully saturated rings. The fraction of sp³-hybridized carbons (Fsp3) is 0. The molecule has 1 amide bonds. The minimum atomic E-state index is -0.275. The normalized spacial score (nSPS) is 9.53. The molecule has 0 aliphatic heterocycles. The number of carbonyl (C=O) groups excluding carboxylic acids is 1. The van der Waals surface area contributed by atoms with E-state index in [0.29, 0.717) is 16.1 Å². The van der Waals surface area contributed by atoms with Gasteiger partial charge >= 0.3 is 0 Å². The molecule has 15 heavy (non-hydrogen) atoms. The second-order valence-electron chi connectivity index (χ2n) is 2.72. The van der Waals surface area contributed by atoms with E-state index in [9.17, 15) is 4.79 Å². The molecule has 0 aliphatic rings. The van der Waals surface area contributed by atoms with Gasteiger partial charge in [0.25, 0.3) is 5.91 Å². The fourth-order valence-electron chi connectivity index (χ4n) is 1.04. The Labute approximate surface area is 89.4 Å². The molecule has 0 atom stereocenters. The Hall–Kier alpha value is -2.13. The van der Waals surface area contributed by atoms with E-state index in [-0.39, 0.29) is 5.91 Å². The Balaban J connectivity index is 2.17. The van der Waals surface area contributed by atoms with Crippen molar-refractivity contribution in [3.05, 3.63) is 35.0 Å². The third kappa shape index (κ3) is 1.87. The quantitative estimate of drug-likeness (QED) is 0.803. The third-order valence-corrected chi connectivity index (χ3v) is 2.60. The van der Waals surface area contributed by atoms with Gasteiger partial charge in [0.05, 0.1) is 17.3 Å². The van der Waals surface area contributed by atoms with Gasteiger partial charge in [-0.3, -0.25) is 9.89 Å². The Bertz CT molecular complexity index is 508. The van der Waals surface area contributed by atoms with Crippen LogP contribution in [-0.4, -0.2) is 16.1 Å². The minimum absolute atomic E-state index is 0.275. The van der Waals surface area contributed by atoms with Crippen molar-refractivity contribution in [2.45, 2.75) is 0 Å². The van der Waals surface area contributed by atoms with Crippen molar-refractivity contribution >= 4 is 22.2 Å². The number of anilines is 1. The summed E-state index contributed by atoms with van der Waals surface area (Å²) in [5.41, 5.74) is 0.907. The van der Waals surface area contributed by atoms with E-state index in [0.717, 1.165) is 0 Å². The molecular formula is C9H6N4OS. The Morgan fingerprint density at radius 2 is 2.53 bits per heavy atom. The first kappa shape index (κ1) is 9.43. The van der Waals surface area contributed by atoms with Crippen molar-refractivity contribution in [1.82, 2.24) is 10.2 Å². The molecule has 2 aromatic heterocycles. The van der Waals surface area contributed by atoms with E-state index in [1.807, 2.05) is 6.07 Å². The standard InChI is InChI=1S/C9H6N4OS/c10-3-6-1-2-15-9(6)13-8(14)7-4-11-12-5-7/h1-2,4-5H,(H,11,12)(H,13,14). The lowest BCUT2D eigenvalue weighted by molar-refractivity contribution is 0.102. The van der Waals surface area contributed by atoms with Crippen LogP contribution in [0.3, 0.4) is 0 Å². The van der Waals surface area contributed by atoms with Crippen molar-refractivity contribution in [2.24, 2.45) is 0 Å². The number of hydrogen-bond donors (Lipinski definition) is 2. The highest BCUT2D eigenvalue weighted by Crippen LogP contribution is 2.22. The lowest BCUT2D eigenvalue weighted by Gasteiger charge is -1.99. The molecule has 0 unspecified atom stereocenters. The summed E-state index contributed by atoms with van der Waals surface area (Å²) in [5, 5.41) is 19.9. The summed E-state index contributed by atoms with van der Waals surface area (Å²) < 4.78 is 0. The number of rotatable bonds is 2. The largest absolute Gasteiger partial charge is 0.312 e. The van der Waals surface area contributed by atoms with Crippen LogP contribution in [0.5, 0.6) is 0 Å². The van der Waals surface area contributed by atoms with Crippen LogP contribution in [0.1, 0.15) is 15.9 Å². The van der Waals surface area contributed by atoms with Crippen LogP contribution < -0.4 is 5.32 Å². The van der Waals surface area contributed by atoms with E-state index >= 15 is 0 Å². The van der Waals surface area contributed by atoms with Gasteiger partial charge in [0, 0.05) is 6.20 Å². The highest BCUT2D eigenvalue weighted by atomic mass is 32.1. The molecule has 0 radical (unpaired) electrons. The summed E-state index contributed by atoms with van der Waals surface area (Å²) in [6.45, 7) is 0. The zero-order valence-electron chi connectivity index (χ0n) is 7.52. The van der Waals surface area contributed by atoms with Crippen LogP contribution in [0.2, 0.25) is 0 Å². The number of hydrogen-bond acceptors (Lipinski definition) is 4. The monoisotopic (exact) mass is 218 g/mol. The van der Waals surface area contributed by atoms with E-state index in [2.05, 4.69) is 15.5 Å².